The number of benzene rings is 1. The van der Waals surface area contributed by atoms with E-state index in [2.05, 4.69) is 16.8 Å². The Labute approximate surface area is 86.6 Å². The van der Waals surface area contributed by atoms with E-state index in [1.165, 1.54) is 6.07 Å². The van der Waals surface area contributed by atoms with E-state index < -0.39 is 10.0 Å². The predicted octanol–water partition coefficient (Wildman–Crippen LogP) is 1.11. The Balaban J connectivity index is 2.77. The number of sulfonamides is 1. The van der Waals surface area contributed by atoms with Gasteiger partial charge in [-0.15, -0.1) is 4.83 Å². The van der Waals surface area contributed by atoms with E-state index in [9.17, 15) is 8.42 Å². The van der Waals surface area contributed by atoms with E-state index in [4.69, 9.17) is 11.6 Å². The number of hydrogen-bond donors (Lipinski definition) is 2. The lowest BCUT2D eigenvalue weighted by molar-refractivity contribution is 0.571. The van der Waals surface area contributed by atoms with Gasteiger partial charge >= 0.3 is 0 Å². The molecule has 4 nitrogen and oxygen atoms in total. The fourth-order valence-corrected chi connectivity index (χ4v) is 2.59. The molecule has 0 aromatic heterocycles. The molecule has 0 radical (unpaired) electrons. The van der Waals surface area contributed by atoms with Crippen LogP contribution in [0.25, 0.3) is 5.70 Å². The van der Waals surface area contributed by atoms with Crippen LogP contribution in [0.2, 0.25) is 5.02 Å². The van der Waals surface area contributed by atoms with Crippen molar-refractivity contribution in [1.29, 1.82) is 0 Å². The van der Waals surface area contributed by atoms with E-state index in [-0.39, 0.29) is 4.90 Å². The first-order chi connectivity index (χ1) is 6.50. The summed E-state index contributed by atoms with van der Waals surface area (Å²) in [5, 5.41) is 0.379. The predicted molar refractivity (Wildman–Crippen MR) is 53.9 cm³/mol. The summed E-state index contributed by atoms with van der Waals surface area (Å²) < 4.78 is 23.0. The molecule has 1 aromatic carbocycles. The second-order valence-electron chi connectivity index (χ2n) is 2.85. The van der Waals surface area contributed by atoms with Gasteiger partial charge in [-0.2, -0.15) is 0 Å². The molecule has 0 atom stereocenters. The van der Waals surface area contributed by atoms with Crippen LogP contribution < -0.4 is 10.3 Å². The molecule has 0 aliphatic carbocycles. The Morgan fingerprint density at radius 2 is 2.07 bits per heavy atom. The molecule has 0 fully saturated rings. The number of fused-ring (bicyclic) bond motifs is 1. The van der Waals surface area contributed by atoms with E-state index >= 15 is 0 Å². The van der Waals surface area contributed by atoms with Gasteiger partial charge in [-0.3, -0.25) is 0 Å². The average Bonchev–Trinajstić information content (AvgIpc) is 2.12. The molecule has 0 bridgehead atoms. The topological polar surface area (TPSA) is 58.2 Å². The average molecular weight is 231 g/mol. The zero-order valence-electron chi connectivity index (χ0n) is 7.04. The van der Waals surface area contributed by atoms with Crippen molar-refractivity contribution in [3.05, 3.63) is 35.4 Å². The minimum Gasteiger partial charge on any atom is -0.308 e. The maximum absolute atomic E-state index is 11.5. The summed E-state index contributed by atoms with van der Waals surface area (Å²) in [6.45, 7) is 3.67. The molecule has 6 heteroatoms. The zero-order chi connectivity index (χ0) is 10.3. The van der Waals surface area contributed by atoms with E-state index in [0.29, 0.717) is 16.3 Å². The van der Waals surface area contributed by atoms with Gasteiger partial charge in [-0.25, -0.2) is 8.42 Å². The van der Waals surface area contributed by atoms with E-state index in [0.717, 1.165) is 0 Å². The molecular weight excluding hydrogens is 224 g/mol. The summed E-state index contributed by atoms with van der Waals surface area (Å²) in [6.07, 6.45) is 0. The van der Waals surface area contributed by atoms with Crippen molar-refractivity contribution < 1.29 is 8.42 Å². The molecule has 14 heavy (non-hydrogen) atoms. The van der Waals surface area contributed by atoms with Crippen LogP contribution in [-0.4, -0.2) is 8.42 Å². The van der Waals surface area contributed by atoms with E-state index in [1.54, 1.807) is 12.1 Å². The molecule has 1 aliphatic rings. The summed E-state index contributed by atoms with van der Waals surface area (Å²) in [5.74, 6) is 0. The molecule has 1 heterocycles. The number of hydrogen-bond acceptors (Lipinski definition) is 3. The lowest BCUT2D eigenvalue weighted by atomic mass is 10.2. The van der Waals surface area contributed by atoms with Crippen LogP contribution in [-0.2, 0) is 10.0 Å². The van der Waals surface area contributed by atoms with Crippen LogP contribution in [0.5, 0.6) is 0 Å². The summed E-state index contributed by atoms with van der Waals surface area (Å²) >= 11 is 5.71. The third-order valence-corrected chi connectivity index (χ3v) is 3.42. The van der Waals surface area contributed by atoms with Gasteiger partial charge in [0.1, 0.15) is 0 Å². The Bertz CT molecular complexity index is 510. The van der Waals surface area contributed by atoms with Gasteiger partial charge < -0.3 is 5.43 Å². The van der Waals surface area contributed by atoms with Crippen molar-refractivity contribution in [3.8, 4) is 0 Å². The standard InChI is InChI=1S/C8H7ClN2O2S/c1-5-7-3-2-6(9)4-8(7)14(12,13)11-10-5/h2-4,10-11H,1H2. The second kappa shape index (κ2) is 2.98. The summed E-state index contributed by atoms with van der Waals surface area (Å²) in [7, 11) is -3.50. The monoisotopic (exact) mass is 230 g/mol. The Hall–Kier alpha value is -1.04. The minimum absolute atomic E-state index is 0.147. The van der Waals surface area contributed by atoms with Gasteiger partial charge in [0, 0.05) is 10.6 Å². The maximum atomic E-state index is 11.5. The molecule has 2 N–H and O–H groups in total. The van der Waals surface area contributed by atoms with Gasteiger partial charge in [-0.05, 0) is 12.1 Å². The van der Waals surface area contributed by atoms with Crippen molar-refractivity contribution in [2.24, 2.45) is 0 Å². The molecular formula is C8H7ClN2O2S. The van der Waals surface area contributed by atoms with Gasteiger partial charge in [0.25, 0.3) is 10.0 Å². The Kier molecular flexibility index (Phi) is 2.02. The molecule has 1 aromatic rings. The first-order valence-corrected chi connectivity index (χ1v) is 5.63. The van der Waals surface area contributed by atoms with Gasteiger partial charge in [0.2, 0.25) is 0 Å². The summed E-state index contributed by atoms with van der Waals surface area (Å²) in [6, 6.07) is 4.63. The number of nitrogens with one attached hydrogen (secondary N) is 2. The minimum atomic E-state index is -3.50. The molecule has 0 amide bonds. The third-order valence-electron chi connectivity index (χ3n) is 1.89. The summed E-state index contributed by atoms with van der Waals surface area (Å²) in [5.41, 5.74) is 3.51. The highest BCUT2D eigenvalue weighted by molar-refractivity contribution is 7.89. The molecule has 0 saturated heterocycles. The number of rotatable bonds is 0. The molecule has 1 aliphatic heterocycles. The van der Waals surface area contributed by atoms with Crippen molar-refractivity contribution in [2.75, 3.05) is 0 Å². The smallest absolute Gasteiger partial charge is 0.258 e. The van der Waals surface area contributed by atoms with Crippen molar-refractivity contribution in [3.63, 3.8) is 0 Å². The van der Waals surface area contributed by atoms with Crippen LogP contribution in [0.15, 0.2) is 29.7 Å². The maximum Gasteiger partial charge on any atom is 0.258 e. The molecule has 0 spiro atoms. The van der Waals surface area contributed by atoms with Crippen LogP contribution >= 0.6 is 11.6 Å². The fraction of sp³-hybridized carbons (Fsp3) is 0. The highest BCUT2D eigenvalue weighted by Crippen LogP contribution is 2.26. The van der Waals surface area contributed by atoms with Gasteiger partial charge in [-0.1, -0.05) is 24.2 Å². The van der Waals surface area contributed by atoms with Crippen LogP contribution in [0.1, 0.15) is 5.56 Å². The van der Waals surface area contributed by atoms with Crippen molar-refractivity contribution >= 4 is 27.3 Å². The first kappa shape index (κ1) is 9.51. The third kappa shape index (κ3) is 1.39. The summed E-state index contributed by atoms with van der Waals surface area (Å²) in [4.78, 5) is 2.30. The number of hydrazine groups is 1. The van der Waals surface area contributed by atoms with E-state index in [1.807, 2.05) is 0 Å². The fourth-order valence-electron chi connectivity index (χ4n) is 1.22. The Morgan fingerprint density at radius 3 is 2.79 bits per heavy atom. The van der Waals surface area contributed by atoms with Crippen molar-refractivity contribution in [2.45, 2.75) is 4.90 Å². The second-order valence-corrected chi connectivity index (χ2v) is 4.94. The molecule has 2 rings (SSSR count). The highest BCUT2D eigenvalue weighted by atomic mass is 35.5. The molecule has 0 unspecified atom stereocenters. The Morgan fingerprint density at radius 1 is 1.36 bits per heavy atom. The number of halogens is 1. The lowest BCUT2D eigenvalue weighted by Gasteiger charge is -2.20. The quantitative estimate of drug-likeness (QED) is 0.702. The normalized spacial score (nSPS) is 18.5. The largest absolute Gasteiger partial charge is 0.308 e. The molecule has 0 saturated carbocycles. The van der Waals surface area contributed by atoms with Crippen LogP contribution in [0, 0.1) is 0 Å². The molecule has 74 valence electrons. The lowest BCUT2D eigenvalue weighted by Crippen LogP contribution is -2.40. The van der Waals surface area contributed by atoms with Gasteiger partial charge in [0.05, 0.1) is 10.6 Å². The van der Waals surface area contributed by atoms with Gasteiger partial charge in [0.15, 0.2) is 0 Å². The highest BCUT2D eigenvalue weighted by Gasteiger charge is 2.24. The van der Waals surface area contributed by atoms with Crippen LogP contribution in [0.4, 0.5) is 0 Å². The first-order valence-electron chi connectivity index (χ1n) is 3.77. The SMILES string of the molecule is C=C1NNS(=O)(=O)c2cc(Cl)ccc21. The van der Waals surface area contributed by atoms with Crippen LogP contribution in [0.3, 0.4) is 0 Å². The van der Waals surface area contributed by atoms with Crippen molar-refractivity contribution in [1.82, 2.24) is 10.3 Å². The zero-order valence-corrected chi connectivity index (χ0v) is 8.61.